The zero-order valence-corrected chi connectivity index (χ0v) is 12.1. The van der Waals surface area contributed by atoms with E-state index in [-0.39, 0.29) is 0 Å². The van der Waals surface area contributed by atoms with Crippen LogP contribution in [0.25, 0.3) is 6.08 Å². The van der Waals surface area contributed by atoms with Gasteiger partial charge in [0.15, 0.2) is 6.04 Å². The zero-order chi connectivity index (χ0) is 15.2. The van der Waals surface area contributed by atoms with Gasteiger partial charge in [-0.1, -0.05) is 30.3 Å². The van der Waals surface area contributed by atoms with Crippen LogP contribution in [0.3, 0.4) is 0 Å². The minimum Gasteiger partial charge on any atom is -0.479 e. The minimum absolute atomic E-state index is 0.475. The molecule has 2 N–H and O–H groups in total. The lowest BCUT2D eigenvalue weighted by atomic mass is 10.1. The number of aryl methyl sites for hydroxylation is 1. The highest BCUT2D eigenvalue weighted by atomic mass is 32.1. The van der Waals surface area contributed by atoms with Gasteiger partial charge in [-0.05, 0) is 18.6 Å². The summed E-state index contributed by atoms with van der Waals surface area (Å²) in [5.74, 6) is -1.58. The topological polar surface area (TPSA) is 79.3 Å². The second-order valence-electron chi connectivity index (χ2n) is 4.32. The maximum absolute atomic E-state index is 11.8. The summed E-state index contributed by atoms with van der Waals surface area (Å²) in [4.78, 5) is 27.3. The third-order valence-corrected chi connectivity index (χ3v) is 3.50. The number of hydrogen-bond donors (Lipinski definition) is 2. The van der Waals surface area contributed by atoms with Gasteiger partial charge in [-0.2, -0.15) is 0 Å². The standard InChI is InChI=1S/C15H14N2O3S/c1-10-16-12(9-21-10)7-8-13(18)17-14(15(19)20)11-5-3-2-4-6-11/h2-9,14H,1H3,(H,17,18)(H,19,20)/b8-7+. The third-order valence-electron chi connectivity index (χ3n) is 2.71. The van der Waals surface area contributed by atoms with Gasteiger partial charge in [0.05, 0.1) is 10.7 Å². The Hall–Kier alpha value is -2.47. The van der Waals surface area contributed by atoms with Crippen LogP contribution < -0.4 is 5.32 Å². The van der Waals surface area contributed by atoms with Crippen molar-refractivity contribution in [1.82, 2.24) is 10.3 Å². The van der Waals surface area contributed by atoms with Gasteiger partial charge in [0.2, 0.25) is 5.91 Å². The molecule has 1 unspecified atom stereocenters. The molecule has 2 aromatic rings. The fourth-order valence-corrected chi connectivity index (χ4v) is 2.32. The van der Waals surface area contributed by atoms with Crippen molar-refractivity contribution in [2.24, 2.45) is 0 Å². The zero-order valence-electron chi connectivity index (χ0n) is 11.3. The van der Waals surface area contributed by atoms with Crippen LogP contribution in [-0.4, -0.2) is 22.0 Å². The predicted molar refractivity (Wildman–Crippen MR) is 80.8 cm³/mol. The van der Waals surface area contributed by atoms with Gasteiger partial charge >= 0.3 is 5.97 Å². The van der Waals surface area contributed by atoms with Crippen LogP contribution in [0.5, 0.6) is 0 Å². The lowest BCUT2D eigenvalue weighted by Crippen LogP contribution is -2.32. The molecular weight excluding hydrogens is 288 g/mol. The highest BCUT2D eigenvalue weighted by Crippen LogP contribution is 2.13. The Morgan fingerprint density at radius 3 is 2.62 bits per heavy atom. The highest BCUT2D eigenvalue weighted by Gasteiger charge is 2.20. The summed E-state index contributed by atoms with van der Waals surface area (Å²) in [6.45, 7) is 1.87. The van der Waals surface area contributed by atoms with E-state index in [1.807, 2.05) is 12.3 Å². The van der Waals surface area contributed by atoms with E-state index in [2.05, 4.69) is 10.3 Å². The SMILES string of the molecule is Cc1nc(/C=C/C(=O)NC(C(=O)O)c2ccccc2)cs1. The number of nitrogens with one attached hydrogen (secondary N) is 1. The number of amides is 1. The van der Waals surface area contributed by atoms with Gasteiger partial charge in [-0.25, -0.2) is 9.78 Å². The molecule has 1 amide bonds. The van der Waals surface area contributed by atoms with Crippen molar-refractivity contribution < 1.29 is 14.7 Å². The Balaban J connectivity index is 2.05. The van der Waals surface area contributed by atoms with Gasteiger partial charge in [0, 0.05) is 11.5 Å². The van der Waals surface area contributed by atoms with E-state index in [0.29, 0.717) is 11.3 Å². The van der Waals surface area contributed by atoms with Crippen molar-refractivity contribution >= 4 is 29.3 Å². The lowest BCUT2D eigenvalue weighted by molar-refractivity contribution is -0.141. The highest BCUT2D eigenvalue weighted by molar-refractivity contribution is 7.09. The third kappa shape index (κ3) is 4.25. The van der Waals surface area contributed by atoms with E-state index in [1.54, 1.807) is 36.4 Å². The monoisotopic (exact) mass is 302 g/mol. The van der Waals surface area contributed by atoms with Crippen LogP contribution in [0.1, 0.15) is 22.3 Å². The Kier molecular flexibility index (Phi) is 4.84. The van der Waals surface area contributed by atoms with Crippen molar-refractivity contribution in [2.75, 3.05) is 0 Å². The molecule has 0 radical (unpaired) electrons. The van der Waals surface area contributed by atoms with Gasteiger partial charge in [-0.15, -0.1) is 11.3 Å². The molecule has 0 aliphatic rings. The van der Waals surface area contributed by atoms with Crippen LogP contribution in [-0.2, 0) is 9.59 Å². The van der Waals surface area contributed by atoms with Crippen LogP contribution in [0.4, 0.5) is 0 Å². The molecule has 21 heavy (non-hydrogen) atoms. The fourth-order valence-electron chi connectivity index (χ4n) is 1.74. The van der Waals surface area contributed by atoms with Crippen molar-refractivity contribution in [3.8, 4) is 0 Å². The average molecular weight is 302 g/mol. The first-order valence-electron chi connectivity index (χ1n) is 6.24. The molecule has 0 fully saturated rings. The molecule has 1 atom stereocenters. The predicted octanol–water partition coefficient (Wildman–Crippen LogP) is 2.41. The van der Waals surface area contributed by atoms with Crippen molar-refractivity contribution in [3.05, 3.63) is 58.1 Å². The van der Waals surface area contributed by atoms with Crippen LogP contribution >= 0.6 is 11.3 Å². The number of aliphatic carboxylic acids is 1. The number of thiazole rings is 1. The molecule has 6 heteroatoms. The van der Waals surface area contributed by atoms with E-state index in [1.165, 1.54) is 17.4 Å². The number of hydrogen-bond acceptors (Lipinski definition) is 4. The fraction of sp³-hybridized carbons (Fsp3) is 0.133. The number of carbonyl (C=O) groups is 2. The maximum atomic E-state index is 11.8. The molecule has 1 aromatic heterocycles. The average Bonchev–Trinajstić information content (AvgIpc) is 2.89. The molecule has 0 aliphatic carbocycles. The molecule has 5 nitrogen and oxygen atoms in total. The second-order valence-corrected chi connectivity index (χ2v) is 5.38. The van der Waals surface area contributed by atoms with E-state index in [4.69, 9.17) is 0 Å². The van der Waals surface area contributed by atoms with Gasteiger partial charge in [0.1, 0.15) is 0 Å². The lowest BCUT2D eigenvalue weighted by Gasteiger charge is -2.13. The van der Waals surface area contributed by atoms with Crippen molar-refractivity contribution in [1.29, 1.82) is 0 Å². The van der Waals surface area contributed by atoms with Gasteiger partial charge in [-0.3, -0.25) is 4.79 Å². The first-order valence-corrected chi connectivity index (χ1v) is 7.12. The largest absolute Gasteiger partial charge is 0.479 e. The van der Waals surface area contributed by atoms with E-state index in [0.717, 1.165) is 5.01 Å². The number of carboxylic acid groups (broad SMARTS) is 1. The van der Waals surface area contributed by atoms with Crippen molar-refractivity contribution in [3.63, 3.8) is 0 Å². The summed E-state index contributed by atoms with van der Waals surface area (Å²) in [6.07, 6.45) is 2.84. The Labute approximate surface area is 126 Å². The summed E-state index contributed by atoms with van der Waals surface area (Å²) < 4.78 is 0. The quantitative estimate of drug-likeness (QED) is 0.831. The van der Waals surface area contributed by atoms with Crippen LogP contribution in [0.15, 0.2) is 41.8 Å². The normalized spacial score (nSPS) is 12.2. The molecule has 0 aliphatic heterocycles. The maximum Gasteiger partial charge on any atom is 0.330 e. The summed E-state index contributed by atoms with van der Waals surface area (Å²) >= 11 is 1.48. The Bertz CT molecular complexity index is 665. The number of carbonyl (C=O) groups excluding carboxylic acids is 1. The minimum atomic E-state index is -1.10. The Morgan fingerprint density at radius 1 is 1.33 bits per heavy atom. The Morgan fingerprint density at radius 2 is 2.05 bits per heavy atom. The summed E-state index contributed by atoms with van der Waals surface area (Å²) in [5, 5.41) is 14.4. The molecule has 0 bridgehead atoms. The summed E-state index contributed by atoms with van der Waals surface area (Å²) in [5.41, 5.74) is 1.20. The molecule has 108 valence electrons. The summed E-state index contributed by atoms with van der Waals surface area (Å²) in [7, 11) is 0. The number of aromatic nitrogens is 1. The van der Waals surface area contributed by atoms with Crippen molar-refractivity contribution in [2.45, 2.75) is 13.0 Å². The first kappa shape index (κ1) is 14.9. The number of carboxylic acids is 1. The van der Waals surface area contributed by atoms with Gasteiger partial charge < -0.3 is 10.4 Å². The smallest absolute Gasteiger partial charge is 0.330 e. The molecule has 1 aromatic carbocycles. The molecule has 1 heterocycles. The molecular formula is C15H14N2O3S. The molecule has 0 saturated heterocycles. The molecule has 2 rings (SSSR count). The summed E-state index contributed by atoms with van der Waals surface area (Å²) in [6, 6.07) is 7.49. The number of nitrogens with zero attached hydrogens (tertiary/aromatic N) is 1. The molecule has 0 saturated carbocycles. The van der Waals surface area contributed by atoms with E-state index >= 15 is 0 Å². The van der Waals surface area contributed by atoms with E-state index < -0.39 is 17.9 Å². The van der Waals surface area contributed by atoms with Crippen LogP contribution in [0.2, 0.25) is 0 Å². The number of rotatable bonds is 5. The van der Waals surface area contributed by atoms with E-state index in [9.17, 15) is 14.7 Å². The first-order chi connectivity index (χ1) is 10.1. The van der Waals surface area contributed by atoms with Gasteiger partial charge in [0.25, 0.3) is 0 Å². The van der Waals surface area contributed by atoms with Crippen LogP contribution in [0, 0.1) is 6.92 Å². The number of benzene rings is 1. The molecule has 0 spiro atoms. The second kappa shape index (κ2) is 6.81.